The summed E-state index contributed by atoms with van der Waals surface area (Å²) in [6.45, 7) is 10.8. The summed E-state index contributed by atoms with van der Waals surface area (Å²) in [5, 5.41) is 4.12. The van der Waals surface area contributed by atoms with Crippen molar-refractivity contribution in [1.29, 1.82) is 0 Å². The highest BCUT2D eigenvalue weighted by atomic mass is 79.9. The number of hydrogen-bond acceptors (Lipinski definition) is 5. The van der Waals surface area contributed by atoms with Crippen molar-refractivity contribution in [1.82, 2.24) is 19.7 Å². The molecule has 0 unspecified atom stereocenters. The molecular weight excluding hydrogens is 584 g/mol. The van der Waals surface area contributed by atoms with Crippen molar-refractivity contribution in [2.45, 2.75) is 52.2 Å². The lowest BCUT2D eigenvalue weighted by Crippen LogP contribution is -2.63. The fourth-order valence-corrected chi connectivity index (χ4v) is 7.02. The van der Waals surface area contributed by atoms with Crippen LogP contribution in [0.15, 0.2) is 46.9 Å². The maximum Gasteiger partial charge on any atom is 0.271 e. The standard InChI is InChI=1S/C32H41BrN4O4/c1-21-13-22(2)18-35(17-21)12-6-11-34-31(39)32(3)20-36-27-16-26(40-4)9-7-23(27)15-28(36)30(38)37(32)19-24-14-25(33)8-10-29(24)41-5/h7-10,14-16,21-22H,6,11-13,17-20H2,1-5H3,(H,34,39)/t21-,22+,32-/m0/s1. The summed E-state index contributed by atoms with van der Waals surface area (Å²) in [5.41, 5.74) is 1.13. The fraction of sp³-hybridized carbons (Fsp3) is 0.500. The number of likely N-dealkylation sites (tertiary alicyclic amines) is 1. The normalized spacial score (nSPS) is 23.0. The van der Waals surface area contributed by atoms with Crippen molar-refractivity contribution in [2.75, 3.05) is 40.4 Å². The van der Waals surface area contributed by atoms with Crippen molar-refractivity contribution in [2.24, 2.45) is 11.8 Å². The first kappa shape index (κ1) is 29.5. The Hall–Kier alpha value is -3.04. The van der Waals surface area contributed by atoms with E-state index in [0.717, 1.165) is 47.0 Å². The second-order valence-electron chi connectivity index (χ2n) is 12.0. The summed E-state index contributed by atoms with van der Waals surface area (Å²) >= 11 is 3.55. The number of carbonyl (C=O) groups is 2. The summed E-state index contributed by atoms with van der Waals surface area (Å²) in [4.78, 5) is 32.4. The van der Waals surface area contributed by atoms with Gasteiger partial charge in [0.2, 0.25) is 5.91 Å². The predicted molar refractivity (Wildman–Crippen MR) is 164 cm³/mol. The predicted octanol–water partition coefficient (Wildman–Crippen LogP) is 5.32. The van der Waals surface area contributed by atoms with Crippen molar-refractivity contribution in [3.05, 3.63) is 58.2 Å². The van der Waals surface area contributed by atoms with Crippen molar-refractivity contribution in [3.63, 3.8) is 0 Å². The molecule has 2 amide bonds. The number of rotatable bonds is 9. The Morgan fingerprint density at radius 2 is 1.83 bits per heavy atom. The minimum atomic E-state index is -1.12. The topological polar surface area (TPSA) is 76.0 Å². The van der Waals surface area contributed by atoms with Gasteiger partial charge in [-0.2, -0.15) is 0 Å². The number of methoxy groups -OCH3 is 2. The molecule has 2 aromatic carbocycles. The molecule has 0 saturated carbocycles. The lowest BCUT2D eigenvalue weighted by molar-refractivity contribution is -0.133. The Labute approximate surface area is 251 Å². The van der Waals surface area contributed by atoms with Gasteiger partial charge in [-0.05, 0) is 74.5 Å². The molecule has 0 spiro atoms. The Bertz CT molecular complexity index is 1430. The first-order valence-corrected chi connectivity index (χ1v) is 15.2. The molecule has 0 radical (unpaired) electrons. The molecule has 5 rings (SSSR count). The molecule has 9 heteroatoms. The van der Waals surface area contributed by atoms with Crippen LogP contribution < -0.4 is 14.8 Å². The van der Waals surface area contributed by atoms with Gasteiger partial charge in [0.1, 0.15) is 22.7 Å². The highest BCUT2D eigenvalue weighted by molar-refractivity contribution is 9.10. The zero-order valence-electron chi connectivity index (χ0n) is 24.7. The quantitative estimate of drug-likeness (QED) is 0.326. The Balaban J connectivity index is 1.42. The molecule has 1 saturated heterocycles. The van der Waals surface area contributed by atoms with Crippen LogP contribution in [0.4, 0.5) is 0 Å². The van der Waals surface area contributed by atoms with E-state index in [9.17, 15) is 9.59 Å². The summed E-state index contributed by atoms with van der Waals surface area (Å²) in [6, 6.07) is 13.4. The van der Waals surface area contributed by atoms with Gasteiger partial charge in [0.15, 0.2) is 0 Å². The van der Waals surface area contributed by atoms with Crippen LogP contribution in [0.5, 0.6) is 11.5 Å². The second kappa shape index (κ2) is 12.1. The van der Waals surface area contributed by atoms with Gasteiger partial charge in [-0.3, -0.25) is 9.59 Å². The van der Waals surface area contributed by atoms with E-state index in [2.05, 4.69) is 40.0 Å². The van der Waals surface area contributed by atoms with Gasteiger partial charge in [0, 0.05) is 41.1 Å². The molecule has 1 N–H and O–H groups in total. The first-order valence-electron chi connectivity index (χ1n) is 14.4. The SMILES string of the molecule is COc1ccc2cc3n(c2c1)C[C@@](C)(C(=O)NCCCN1C[C@H](C)C[C@H](C)C1)N(Cc1cc(Br)ccc1OC)C3=O. The number of benzene rings is 2. The minimum absolute atomic E-state index is 0.157. The molecule has 0 aliphatic carbocycles. The van der Waals surface area contributed by atoms with Crippen LogP contribution in [0.2, 0.25) is 0 Å². The number of ether oxygens (including phenoxy) is 2. The number of aromatic nitrogens is 1. The van der Waals surface area contributed by atoms with Crippen molar-refractivity contribution < 1.29 is 19.1 Å². The highest BCUT2D eigenvalue weighted by Crippen LogP contribution is 2.36. The summed E-state index contributed by atoms with van der Waals surface area (Å²) in [7, 11) is 3.24. The summed E-state index contributed by atoms with van der Waals surface area (Å²) in [6.07, 6.45) is 2.14. The van der Waals surface area contributed by atoms with Gasteiger partial charge < -0.3 is 29.2 Å². The number of carbonyl (C=O) groups excluding carboxylic acids is 2. The summed E-state index contributed by atoms with van der Waals surface area (Å²) < 4.78 is 13.9. The van der Waals surface area contributed by atoms with E-state index in [4.69, 9.17) is 9.47 Å². The van der Waals surface area contributed by atoms with E-state index in [0.29, 0.717) is 42.1 Å². The molecule has 220 valence electrons. The zero-order chi connectivity index (χ0) is 29.3. The Morgan fingerprint density at radius 3 is 2.54 bits per heavy atom. The van der Waals surface area contributed by atoms with Gasteiger partial charge >= 0.3 is 0 Å². The number of hydrogen-bond donors (Lipinski definition) is 1. The smallest absolute Gasteiger partial charge is 0.271 e. The highest BCUT2D eigenvalue weighted by Gasteiger charge is 2.48. The molecule has 2 aliphatic rings. The molecule has 8 nitrogen and oxygen atoms in total. The Kier molecular flexibility index (Phi) is 8.66. The van der Waals surface area contributed by atoms with Gasteiger partial charge in [0.25, 0.3) is 5.91 Å². The molecule has 3 heterocycles. The number of piperidine rings is 1. The number of nitrogens with one attached hydrogen (secondary N) is 1. The molecule has 1 fully saturated rings. The number of halogens is 1. The molecule has 41 heavy (non-hydrogen) atoms. The van der Waals surface area contributed by atoms with E-state index in [1.165, 1.54) is 6.42 Å². The van der Waals surface area contributed by atoms with Gasteiger partial charge in [-0.15, -0.1) is 0 Å². The zero-order valence-corrected chi connectivity index (χ0v) is 26.3. The van der Waals surface area contributed by atoms with E-state index in [1.807, 2.05) is 54.0 Å². The lowest BCUT2D eigenvalue weighted by atomic mass is 9.92. The monoisotopic (exact) mass is 624 g/mol. The average molecular weight is 626 g/mol. The molecule has 3 atom stereocenters. The van der Waals surface area contributed by atoms with Gasteiger partial charge in [0.05, 0.1) is 32.8 Å². The maximum atomic E-state index is 14.2. The molecule has 2 aliphatic heterocycles. The molecular formula is C32H41BrN4O4. The number of nitrogens with zero attached hydrogens (tertiary/aromatic N) is 3. The van der Waals surface area contributed by atoms with Crippen LogP contribution in [-0.2, 0) is 17.9 Å². The third kappa shape index (κ3) is 5.97. The molecule has 0 bridgehead atoms. The van der Waals surface area contributed by atoms with Crippen molar-refractivity contribution >= 4 is 38.6 Å². The third-order valence-corrected chi connectivity index (χ3v) is 9.07. The second-order valence-corrected chi connectivity index (χ2v) is 12.9. The maximum absolute atomic E-state index is 14.2. The van der Waals surface area contributed by atoms with E-state index in [-0.39, 0.29) is 18.4 Å². The van der Waals surface area contributed by atoms with E-state index in [1.54, 1.807) is 19.1 Å². The fourth-order valence-electron chi connectivity index (χ4n) is 6.62. The average Bonchev–Trinajstić information content (AvgIpc) is 3.30. The first-order chi connectivity index (χ1) is 19.6. The van der Waals surface area contributed by atoms with Gasteiger partial charge in [-0.1, -0.05) is 29.8 Å². The third-order valence-electron chi connectivity index (χ3n) is 8.58. The summed E-state index contributed by atoms with van der Waals surface area (Å²) in [5.74, 6) is 2.43. The van der Waals surface area contributed by atoms with Crippen LogP contribution in [0.3, 0.4) is 0 Å². The van der Waals surface area contributed by atoms with Crippen LogP contribution in [0.1, 0.15) is 49.7 Å². The van der Waals surface area contributed by atoms with Crippen LogP contribution in [0.25, 0.3) is 10.9 Å². The van der Waals surface area contributed by atoms with Crippen LogP contribution in [-0.4, -0.2) is 72.1 Å². The lowest BCUT2D eigenvalue weighted by Gasteiger charge is -2.44. The van der Waals surface area contributed by atoms with Crippen molar-refractivity contribution in [3.8, 4) is 11.5 Å². The largest absolute Gasteiger partial charge is 0.497 e. The number of amides is 2. The molecule has 1 aromatic heterocycles. The molecule has 3 aromatic rings. The van der Waals surface area contributed by atoms with E-state index >= 15 is 0 Å². The van der Waals surface area contributed by atoms with Gasteiger partial charge in [-0.25, -0.2) is 0 Å². The van der Waals surface area contributed by atoms with Crippen LogP contribution in [0, 0.1) is 11.8 Å². The number of fused-ring (bicyclic) bond motifs is 3. The Morgan fingerprint density at radius 1 is 1.07 bits per heavy atom. The van der Waals surface area contributed by atoms with Crippen LogP contribution >= 0.6 is 15.9 Å². The van der Waals surface area contributed by atoms with E-state index < -0.39 is 5.54 Å². The minimum Gasteiger partial charge on any atom is -0.497 e.